The van der Waals surface area contributed by atoms with Crippen LogP contribution >= 0.6 is 0 Å². The van der Waals surface area contributed by atoms with E-state index in [1.54, 1.807) is 0 Å². The highest BCUT2D eigenvalue weighted by atomic mass is 16.3. The first-order chi connectivity index (χ1) is 10.4. The molecule has 0 aromatic carbocycles. The minimum Gasteiger partial charge on any atom is -0.393 e. The average molecular weight is 304 g/mol. The molecule has 0 amide bonds. The van der Waals surface area contributed by atoms with Gasteiger partial charge in [0.1, 0.15) is 0 Å². The minimum atomic E-state index is -0.362. The Morgan fingerprint density at radius 2 is 1.82 bits per heavy atom. The van der Waals surface area contributed by atoms with Crippen LogP contribution < -0.4 is 0 Å². The molecule has 3 fully saturated rings. The molecular formula is C19H28O3. The molecule has 22 heavy (non-hydrogen) atoms. The van der Waals surface area contributed by atoms with E-state index in [9.17, 15) is 15.3 Å². The monoisotopic (exact) mass is 304 g/mol. The number of hydrogen-bond acceptors (Lipinski definition) is 3. The van der Waals surface area contributed by atoms with Gasteiger partial charge in [-0.15, -0.1) is 0 Å². The largest absolute Gasteiger partial charge is 0.393 e. The lowest BCUT2D eigenvalue weighted by molar-refractivity contribution is -0.0155. The molecule has 5 atom stereocenters. The number of allylic oxidation sites excluding steroid dienone is 3. The summed E-state index contributed by atoms with van der Waals surface area (Å²) in [5.41, 5.74) is 3.31. The quantitative estimate of drug-likeness (QED) is 0.698. The van der Waals surface area contributed by atoms with Crippen molar-refractivity contribution in [3.8, 4) is 0 Å². The van der Waals surface area contributed by atoms with Crippen LogP contribution in [0.3, 0.4) is 0 Å². The van der Waals surface area contributed by atoms with Crippen molar-refractivity contribution in [2.45, 2.75) is 70.2 Å². The van der Waals surface area contributed by atoms with Crippen molar-refractivity contribution in [2.75, 3.05) is 0 Å². The van der Waals surface area contributed by atoms with Gasteiger partial charge in [-0.2, -0.15) is 0 Å². The molecule has 0 heterocycles. The molecule has 0 unspecified atom stereocenters. The summed E-state index contributed by atoms with van der Waals surface area (Å²) in [6, 6.07) is 0. The fourth-order valence-electron chi connectivity index (χ4n) is 4.68. The van der Waals surface area contributed by atoms with E-state index in [0.29, 0.717) is 25.2 Å². The highest BCUT2D eigenvalue weighted by Crippen LogP contribution is 2.54. The molecule has 0 aromatic heterocycles. The SMILES string of the molecule is C=C1CC[C@@H](O)C/C1=C/C=C1\C[C@H](O)C[C@]2(C)[C@H](O)CC[C@@H]12. The molecule has 3 saturated carbocycles. The van der Waals surface area contributed by atoms with Crippen molar-refractivity contribution in [1.82, 2.24) is 0 Å². The highest BCUT2D eigenvalue weighted by Gasteiger charge is 2.50. The van der Waals surface area contributed by atoms with E-state index in [-0.39, 0.29) is 23.7 Å². The van der Waals surface area contributed by atoms with Crippen LogP contribution in [0.15, 0.2) is 35.5 Å². The third kappa shape index (κ3) is 2.82. The summed E-state index contributed by atoms with van der Waals surface area (Å²) in [6.07, 6.45) is 8.84. The molecule has 0 bridgehead atoms. The summed E-state index contributed by atoms with van der Waals surface area (Å²) >= 11 is 0. The van der Waals surface area contributed by atoms with Crippen molar-refractivity contribution in [2.24, 2.45) is 11.3 Å². The predicted octanol–water partition coefficient (Wildman–Crippen LogP) is 2.87. The van der Waals surface area contributed by atoms with Crippen LogP contribution in [-0.4, -0.2) is 33.6 Å². The number of hydrogen-bond donors (Lipinski definition) is 3. The first kappa shape index (κ1) is 16.0. The third-order valence-electron chi connectivity index (χ3n) is 6.07. The van der Waals surface area contributed by atoms with Crippen molar-refractivity contribution < 1.29 is 15.3 Å². The molecule has 122 valence electrons. The maximum Gasteiger partial charge on any atom is 0.0600 e. The Bertz CT molecular complexity index is 519. The van der Waals surface area contributed by atoms with Crippen LogP contribution in [0.25, 0.3) is 0 Å². The first-order valence-electron chi connectivity index (χ1n) is 8.52. The molecular weight excluding hydrogens is 276 g/mol. The molecule has 3 rings (SSSR count). The minimum absolute atomic E-state index is 0.189. The van der Waals surface area contributed by atoms with E-state index in [0.717, 1.165) is 36.8 Å². The third-order valence-corrected chi connectivity index (χ3v) is 6.07. The van der Waals surface area contributed by atoms with Crippen molar-refractivity contribution in [3.63, 3.8) is 0 Å². The van der Waals surface area contributed by atoms with E-state index in [4.69, 9.17) is 0 Å². The summed E-state index contributed by atoms with van der Waals surface area (Å²) in [6.45, 7) is 6.22. The Hall–Kier alpha value is -0.900. The lowest BCUT2D eigenvalue weighted by Crippen LogP contribution is -2.41. The summed E-state index contributed by atoms with van der Waals surface area (Å²) in [5.74, 6) is 0.365. The van der Waals surface area contributed by atoms with Crippen molar-refractivity contribution in [3.05, 3.63) is 35.5 Å². The van der Waals surface area contributed by atoms with Gasteiger partial charge in [-0.1, -0.05) is 36.8 Å². The molecule has 3 N–H and O–H groups in total. The van der Waals surface area contributed by atoms with Crippen LogP contribution in [0.1, 0.15) is 51.9 Å². The second-order valence-electron chi connectivity index (χ2n) is 7.65. The molecule has 3 nitrogen and oxygen atoms in total. The van der Waals surface area contributed by atoms with Gasteiger partial charge in [0.2, 0.25) is 0 Å². The molecule has 0 radical (unpaired) electrons. The van der Waals surface area contributed by atoms with Crippen LogP contribution in [0.2, 0.25) is 0 Å². The molecule has 0 saturated heterocycles. The Morgan fingerprint density at radius 1 is 1.05 bits per heavy atom. The molecule has 0 aromatic rings. The number of aliphatic hydroxyl groups excluding tert-OH is 3. The maximum absolute atomic E-state index is 10.3. The Labute approximate surface area is 133 Å². The van der Waals surface area contributed by atoms with Gasteiger partial charge in [0, 0.05) is 5.41 Å². The van der Waals surface area contributed by atoms with Crippen LogP contribution in [0, 0.1) is 11.3 Å². The fraction of sp³-hybridized carbons (Fsp3) is 0.684. The molecule has 3 aliphatic rings. The summed E-state index contributed by atoms with van der Waals surface area (Å²) in [7, 11) is 0. The maximum atomic E-state index is 10.3. The van der Waals surface area contributed by atoms with E-state index < -0.39 is 0 Å². The van der Waals surface area contributed by atoms with Gasteiger partial charge < -0.3 is 15.3 Å². The fourth-order valence-corrected chi connectivity index (χ4v) is 4.68. The summed E-state index contributed by atoms with van der Waals surface area (Å²) in [4.78, 5) is 0. The predicted molar refractivity (Wildman–Crippen MR) is 87.2 cm³/mol. The van der Waals surface area contributed by atoms with E-state index in [1.807, 2.05) is 0 Å². The molecule has 3 aliphatic carbocycles. The van der Waals surface area contributed by atoms with Gasteiger partial charge in [-0.05, 0) is 56.4 Å². The summed E-state index contributed by atoms with van der Waals surface area (Å²) < 4.78 is 0. The Balaban J connectivity index is 1.85. The van der Waals surface area contributed by atoms with Crippen LogP contribution in [0.5, 0.6) is 0 Å². The standard InChI is InChI=1S/C19H28O3/c1-12-3-6-15(20)9-13(12)4-5-14-10-16(21)11-19(2)17(14)7-8-18(19)22/h4-5,15-18,20-22H,1,3,6-11H2,2H3/b13-4-,14-5+/t15-,16+,17+,18-,19+/m1/s1. The van der Waals surface area contributed by atoms with Crippen LogP contribution in [-0.2, 0) is 0 Å². The molecule has 0 spiro atoms. The second-order valence-corrected chi connectivity index (χ2v) is 7.65. The zero-order valence-electron chi connectivity index (χ0n) is 13.5. The van der Waals surface area contributed by atoms with E-state index >= 15 is 0 Å². The topological polar surface area (TPSA) is 60.7 Å². The molecule has 0 aliphatic heterocycles. The first-order valence-corrected chi connectivity index (χ1v) is 8.52. The molecule has 3 heteroatoms. The van der Waals surface area contributed by atoms with Gasteiger partial charge in [0.05, 0.1) is 18.3 Å². The zero-order chi connectivity index (χ0) is 15.9. The Morgan fingerprint density at radius 3 is 2.59 bits per heavy atom. The lowest BCUT2D eigenvalue weighted by atomic mass is 9.65. The number of fused-ring (bicyclic) bond motifs is 1. The second kappa shape index (κ2) is 5.95. The average Bonchev–Trinajstić information content (AvgIpc) is 2.75. The van der Waals surface area contributed by atoms with E-state index in [1.165, 1.54) is 5.57 Å². The van der Waals surface area contributed by atoms with Gasteiger partial charge in [-0.3, -0.25) is 0 Å². The highest BCUT2D eigenvalue weighted by molar-refractivity contribution is 5.36. The van der Waals surface area contributed by atoms with Gasteiger partial charge in [-0.25, -0.2) is 0 Å². The summed E-state index contributed by atoms with van der Waals surface area (Å²) in [5, 5.41) is 30.3. The van der Waals surface area contributed by atoms with Gasteiger partial charge in [0.15, 0.2) is 0 Å². The zero-order valence-corrected chi connectivity index (χ0v) is 13.5. The number of aliphatic hydroxyl groups is 3. The van der Waals surface area contributed by atoms with Gasteiger partial charge in [0.25, 0.3) is 0 Å². The van der Waals surface area contributed by atoms with Crippen LogP contribution in [0.4, 0.5) is 0 Å². The Kier molecular flexibility index (Phi) is 4.32. The smallest absolute Gasteiger partial charge is 0.0600 e. The normalized spacial score (nSPS) is 46.3. The lowest BCUT2D eigenvalue weighted by Gasteiger charge is -2.42. The van der Waals surface area contributed by atoms with E-state index in [2.05, 4.69) is 25.7 Å². The number of rotatable bonds is 1. The van der Waals surface area contributed by atoms with Crippen molar-refractivity contribution >= 4 is 0 Å². The van der Waals surface area contributed by atoms with Crippen molar-refractivity contribution in [1.29, 1.82) is 0 Å². The van der Waals surface area contributed by atoms with Gasteiger partial charge >= 0.3 is 0 Å².